The van der Waals surface area contributed by atoms with Crippen LogP contribution >= 0.6 is 0 Å². The van der Waals surface area contributed by atoms with E-state index in [1.54, 1.807) is 16.7 Å². The molecule has 1 aromatic carbocycles. The quantitative estimate of drug-likeness (QED) is 0.751. The number of carbonyl (C=O) groups is 2. The van der Waals surface area contributed by atoms with Crippen LogP contribution < -0.4 is 0 Å². The molecular formula is C21H21F2N3O4. The fraction of sp³-hybridized carbons (Fsp3) is 0.476. The molecule has 9 heteroatoms. The van der Waals surface area contributed by atoms with Gasteiger partial charge in [0.15, 0.2) is 5.60 Å². The van der Waals surface area contributed by atoms with Crippen molar-refractivity contribution in [3.63, 3.8) is 0 Å². The van der Waals surface area contributed by atoms with Gasteiger partial charge >= 0.3 is 0 Å². The Balaban J connectivity index is 1.33. The minimum atomic E-state index is -0.990. The van der Waals surface area contributed by atoms with E-state index >= 15 is 0 Å². The maximum absolute atomic E-state index is 13.7. The number of ether oxygens (including phenoxy) is 1. The zero-order valence-electron chi connectivity index (χ0n) is 16.4. The Labute approximate surface area is 171 Å². The van der Waals surface area contributed by atoms with Gasteiger partial charge in [-0.05, 0) is 37.5 Å². The van der Waals surface area contributed by atoms with Gasteiger partial charge in [-0.25, -0.2) is 8.78 Å². The molecule has 158 valence electrons. The van der Waals surface area contributed by atoms with Gasteiger partial charge in [0.05, 0.1) is 11.7 Å². The van der Waals surface area contributed by atoms with Crippen LogP contribution in [0.1, 0.15) is 53.3 Å². The molecule has 5 rings (SSSR count). The number of halogens is 2. The molecule has 7 nitrogen and oxygen atoms in total. The lowest BCUT2D eigenvalue weighted by molar-refractivity contribution is -0.142. The molecule has 1 spiro atoms. The van der Waals surface area contributed by atoms with E-state index in [4.69, 9.17) is 9.26 Å². The number of benzene rings is 1. The second-order valence-electron chi connectivity index (χ2n) is 8.18. The Bertz CT molecular complexity index is 995. The third-order valence-electron chi connectivity index (χ3n) is 6.43. The topological polar surface area (TPSA) is 75.9 Å². The molecule has 3 fully saturated rings. The highest BCUT2D eigenvalue weighted by atomic mass is 19.1. The Morgan fingerprint density at radius 1 is 1.17 bits per heavy atom. The Hall–Kier alpha value is -2.81. The van der Waals surface area contributed by atoms with Crippen molar-refractivity contribution in [2.24, 2.45) is 0 Å². The fourth-order valence-electron chi connectivity index (χ4n) is 4.88. The van der Waals surface area contributed by atoms with E-state index in [9.17, 15) is 18.4 Å². The predicted molar refractivity (Wildman–Crippen MR) is 99.2 cm³/mol. The predicted octanol–water partition coefficient (Wildman–Crippen LogP) is 2.96. The van der Waals surface area contributed by atoms with Crippen molar-refractivity contribution in [1.29, 1.82) is 0 Å². The second-order valence-corrected chi connectivity index (χ2v) is 8.18. The Morgan fingerprint density at radius 3 is 2.50 bits per heavy atom. The number of piperidine rings is 1. The smallest absolute Gasteiger partial charge is 0.259 e. The molecular weight excluding hydrogens is 396 g/mol. The standard InChI is InChI=1S/C21H21F2N3O4/c1-12-16(11-29-24-12)19(27)25-6-4-21(5-7-25)20(28)26-17(2-3-18(26)30-21)13-8-14(22)10-15(23)9-13/h8-11,17-18H,2-7H2,1H3. The van der Waals surface area contributed by atoms with Crippen LogP contribution in [0.15, 0.2) is 29.0 Å². The van der Waals surface area contributed by atoms with Crippen LogP contribution in [-0.4, -0.2) is 51.7 Å². The highest BCUT2D eigenvalue weighted by Gasteiger charge is 2.58. The van der Waals surface area contributed by atoms with E-state index in [0.29, 0.717) is 55.6 Å². The lowest BCUT2D eigenvalue weighted by Gasteiger charge is -2.37. The van der Waals surface area contributed by atoms with Gasteiger partial charge < -0.3 is 19.1 Å². The molecule has 2 aromatic rings. The summed E-state index contributed by atoms with van der Waals surface area (Å²) in [6.45, 7) is 2.44. The SMILES string of the molecule is Cc1nocc1C(=O)N1CCC2(CC1)OC1CCC(c3cc(F)cc(F)c3)N1C2=O. The van der Waals surface area contributed by atoms with Crippen molar-refractivity contribution in [2.75, 3.05) is 13.1 Å². The van der Waals surface area contributed by atoms with Crippen molar-refractivity contribution in [3.05, 3.63) is 52.9 Å². The van der Waals surface area contributed by atoms with Crippen LogP contribution in [0.2, 0.25) is 0 Å². The number of nitrogens with zero attached hydrogens (tertiary/aromatic N) is 3. The largest absolute Gasteiger partial charge is 0.364 e. The van der Waals surface area contributed by atoms with Crippen molar-refractivity contribution in [2.45, 2.75) is 50.5 Å². The van der Waals surface area contributed by atoms with Crippen molar-refractivity contribution < 1.29 is 27.6 Å². The summed E-state index contributed by atoms with van der Waals surface area (Å²) in [6, 6.07) is 2.96. The van der Waals surface area contributed by atoms with Gasteiger partial charge in [-0.3, -0.25) is 9.59 Å². The van der Waals surface area contributed by atoms with Gasteiger partial charge in [-0.15, -0.1) is 0 Å². The molecule has 0 aliphatic carbocycles. The third kappa shape index (κ3) is 2.91. The van der Waals surface area contributed by atoms with Crippen LogP contribution in [-0.2, 0) is 9.53 Å². The minimum absolute atomic E-state index is 0.159. The first-order valence-electron chi connectivity index (χ1n) is 10.0. The van der Waals surface area contributed by atoms with Crippen LogP contribution in [0, 0.1) is 18.6 Å². The molecule has 3 aliphatic heterocycles. The summed E-state index contributed by atoms with van der Waals surface area (Å²) in [4.78, 5) is 29.3. The normalized spacial score (nSPS) is 25.2. The molecule has 2 atom stereocenters. The summed E-state index contributed by atoms with van der Waals surface area (Å²) in [7, 11) is 0. The van der Waals surface area contributed by atoms with Crippen molar-refractivity contribution >= 4 is 11.8 Å². The molecule has 1 aromatic heterocycles. The van der Waals surface area contributed by atoms with Gasteiger partial charge in [0, 0.05) is 32.0 Å². The Morgan fingerprint density at radius 2 is 1.87 bits per heavy atom. The number of fused-ring (bicyclic) bond motifs is 1. The number of hydrogen-bond donors (Lipinski definition) is 0. The zero-order valence-corrected chi connectivity index (χ0v) is 16.4. The first-order chi connectivity index (χ1) is 14.4. The van der Waals surface area contributed by atoms with Crippen molar-refractivity contribution in [1.82, 2.24) is 15.0 Å². The van der Waals surface area contributed by atoms with Gasteiger partial charge in [-0.2, -0.15) is 0 Å². The van der Waals surface area contributed by atoms with E-state index < -0.39 is 29.5 Å². The second kappa shape index (κ2) is 6.87. The lowest BCUT2D eigenvalue weighted by atomic mass is 9.89. The first kappa shape index (κ1) is 19.2. The van der Waals surface area contributed by atoms with Crippen molar-refractivity contribution in [3.8, 4) is 0 Å². The molecule has 2 amide bonds. The summed E-state index contributed by atoms with van der Waals surface area (Å²) < 4.78 is 38.5. The van der Waals surface area contributed by atoms with Gasteiger partial charge in [-0.1, -0.05) is 5.16 Å². The van der Waals surface area contributed by atoms with E-state index in [1.807, 2.05) is 0 Å². The highest BCUT2D eigenvalue weighted by molar-refractivity contribution is 5.95. The van der Waals surface area contributed by atoms with Crippen LogP contribution in [0.25, 0.3) is 0 Å². The van der Waals surface area contributed by atoms with E-state index in [1.165, 1.54) is 18.4 Å². The van der Waals surface area contributed by atoms with Crippen LogP contribution in [0.5, 0.6) is 0 Å². The summed E-state index contributed by atoms with van der Waals surface area (Å²) >= 11 is 0. The summed E-state index contributed by atoms with van der Waals surface area (Å²) in [6.07, 6.45) is 2.87. The van der Waals surface area contributed by atoms with E-state index in [-0.39, 0.29) is 11.8 Å². The molecule has 3 aliphatic rings. The number of aromatic nitrogens is 1. The minimum Gasteiger partial charge on any atom is -0.364 e. The third-order valence-corrected chi connectivity index (χ3v) is 6.43. The molecule has 0 saturated carbocycles. The number of amides is 2. The number of aryl methyl sites for hydroxylation is 1. The number of likely N-dealkylation sites (tertiary alicyclic amines) is 1. The Kier molecular flexibility index (Phi) is 4.39. The summed E-state index contributed by atoms with van der Waals surface area (Å²) in [5.41, 5.74) is 0.396. The number of hydrogen-bond acceptors (Lipinski definition) is 5. The molecule has 0 radical (unpaired) electrons. The number of rotatable bonds is 2. The van der Waals surface area contributed by atoms with Gasteiger partial charge in [0.25, 0.3) is 11.8 Å². The summed E-state index contributed by atoms with van der Waals surface area (Å²) in [5, 5.41) is 3.74. The maximum atomic E-state index is 13.7. The number of carbonyl (C=O) groups excluding carboxylic acids is 2. The van der Waals surface area contributed by atoms with Crippen LogP contribution in [0.4, 0.5) is 8.78 Å². The zero-order chi connectivity index (χ0) is 21.0. The summed E-state index contributed by atoms with van der Waals surface area (Å²) in [5.74, 6) is -1.66. The highest BCUT2D eigenvalue weighted by Crippen LogP contribution is 2.47. The monoisotopic (exact) mass is 417 g/mol. The van der Waals surface area contributed by atoms with Gasteiger partial charge in [0.1, 0.15) is 29.7 Å². The van der Waals surface area contributed by atoms with Crippen LogP contribution in [0.3, 0.4) is 0 Å². The molecule has 2 unspecified atom stereocenters. The molecule has 30 heavy (non-hydrogen) atoms. The molecule has 3 saturated heterocycles. The van der Waals surface area contributed by atoms with Gasteiger partial charge in [0.2, 0.25) is 0 Å². The lowest BCUT2D eigenvalue weighted by Crippen LogP contribution is -2.51. The average Bonchev–Trinajstić information content (AvgIpc) is 3.38. The first-order valence-corrected chi connectivity index (χ1v) is 10.0. The molecule has 0 N–H and O–H groups in total. The molecule has 4 heterocycles. The molecule has 0 bridgehead atoms. The maximum Gasteiger partial charge on any atom is 0.259 e. The van der Waals surface area contributed by atoms with E-state index in [0.717, 1.165) is 6.07 Å². The van der Waals surface area contributed by atoms with E-state index in [2.05, 4.69) is 5.16 Å². The average molecular weight is 417 g/mol. The fourth-order valence-corrected chi connectivity index (χ4v) is 4.88.